The summed E-state index contributed by atoms with van der Waals surface area (Å²) in [6.45, 7) is 4.84. The molecule has 1 saturated heterocycles. The molecule has 0 N–H and O–H groups in total. The number of ether oxygens (including phenoxy) is 1. The van der Waals surface area contributed by atoms with Crippen molar-refractivity contribution >= 4 is 21.6 Å². The second-order valence-electron chi connectivity index (χ2n) is 3.55. The fraction of sp³-hybridized carbons (Fsp3) is 1.00. The number of hydrogen-bond donors (Lipinski definition) is 0. The highest BCUT2D eigenvalue weighted by Crippen LogP contribution is 2.14. The minimum atomic E-state index is -3.22. The molecule has 1 aliphatic rings. The van der Waals surface area contributed by atoms with Gasteiger partial charge in [0.25, 0.3) is 0 Å². The van der Waals surface area contributed by atoms with Gasteiger partial charge in [-0.25, -0.2) is 8.42 Å². The van der Waals surface area contributed by atoms with Gasteiger partial charge in [0.15, 0.2) is 0 Å². The molecule has 0 saturated carbocycles. The molecule has 0 aromatic heterocycles. The van der Waals surface area contributed by atoms with Crippen molar-refractivity contribution in [2.24, 2.45) is 0 Å². The molecule has 0 aromatic rings. The first-order chi connectivity index (χ1) is 6.48. The first-order valence-corrected chi connectivity index (χ1v) is 6.68. The van der Waals surface area contributed by atoms with Crippen LogP contribution in [0.25, 0.3) is 0 Å². The zero-order valence-electron chi connectivity index (χ0n) is 8.44. The maximum Gasteiger partial charge on any atom is 0.218 e. The van der Waals surface area contributed by atoms with Gasteiger partial charge in [-0.2, -0.15) is 4.31 Å². The molecule has 2 unspecified atom stereocenters. The van der Waals surface area contributed by atoms with Crippen molar-refractivity contribution in [2.45, 2.75) is 25.2 Å². The van der Waals surface area contributed by atoms with E-state index in [9.17, 15) is 8.42 Å². The predicted molar refractivity (Wildman–Crippen MR) is 56.1 cm³/mol. The Morgan fingerprint density at radius 2 is 2.29 bits per heavy atom. The Bertz CT molecular complexity index is 280. The third-order valence-corrected chi connectivity index (χ3v) is 5.17. The highest BCUT2D eigenvalue weighted by atomic mass is 35.5. The van der Waals surface area contributed by atoms with Crippen LogP contribution in [0, 0.1) is 0 Å². The Morgan fingerprint density at radius 1 is 1.64 bits per heavy atom. The van der Waals surface area contributed by atoms with Crippen molar-refractivity contribution in [3.8, 4) is 0 Å². The first-order valence-electron chi connectivity index (χ1n) is 4.65. The molecule has 0 spiro atoms. The van der Waals surface area contributed by atoms with Gasteiger partial charge in [-0.3, -0.25) is 0 Å². The van der Waals surface area contributed by atoms with E-state index in [0.717, 1.165) is 0 Å². The van der Waals surface area contributed by atoms with Crippen molar-refractivity contribution in [3.05, 3.63) is 0 Å². The van der Waals surface area contributed by atoms with Crippen molar-refractivity contribution in [2.75, 3.05) is 25.6 Å². The molecule has 0 radical (unpaired) electrons. The summed E-state index contributed by atoms with van der Waals surface area (Å²) in [5.41, 5.74) is 0. The molecule has 6 heteroatoms. The molecule has 0 bridgehead atoms. The second kappa shape index (κ2) is 4.79. The molecule has 0 aliphatic carbocycles. The molecular formula is C8H16ClNO3S. The molecule has 0 aromatic carbocycles. The van der Waals surface area contributed by atoms with Crippen molar-refractivity contribution in [1.29, 1.82) is 0 Å². The van der Waals surface area contributed by atoms with Crippen LogP contribution in [0.3, 0.4) is 0 Å². The summed E-state index contributed by atoms with van der Waals surface area (Å²) in [6.07, 6.45) is -0.0268. The highest BCUT2D eigenvalue weighted by Gasteiger charge is 2.31. The average molecular weight is 242 g/mol. The number of alkyl halides is 1. The molecule has 1 aliphatic heterocycles. The number of halogens is 1. The summed E-state index contributed by atoms with van der Waals surface area (Å²) in [4.78, 5) is 0. The fourth-order valence-corrected chi connectivity index (χ4v) is 3.24. The Labute approximate surface area is 90.2 Å². The Hall–Kier alpha value is 0.160. The zero-order valence-corrected chi connectivity index (χ0v) is 10.0. The van der Waals surface area contributed by atoms with Crippen molar-refractivity contribution in [1.82, 2.24) is 4.31 Å². The molecule has 1 heterocycles. The van der Waals surface area contributed by atoms with E-state index in [-0.39, 0.29) is 12.0 Å². The van der Waals surface area contributed by atoms with E-state index in [1.165, 1.54) is 4.31 Å². The summed E-state index contributed by atoms with van der Waals surface area (Å²) < 4.78 is 30.4. The first kappa shape index (κ1) is 12.2. The number of morpholine rings is 1. The Morgan fingerprint density at radius 3 is 2.79 bits per heavy atom. The lowest BCUT2D eigenvalue weighted by Gasteiger charge is -2.31. The number of rotatable bonds is 3. The summed E-state index contributed by atoms with van der Waals surface area (Å²) in [5, 5.41) is -0.519. The molecule has 1 fully saturated rings. The van der Waals surface area contributed by atoms with E-state index in [1.807, 2.05) is 6.92 Å². The third-order valence-electron chi connectivity index (χ3n) is 2.29. The Balaban J connectivity index is 2.72. The number of nitrogens with zero attached hydrogens (tertiary/aromatic N) is 1. The highest BCUT2D eigenvalue weighted by molar-refractivity contribution is 7.89. The lowest BCUT2D eigenvalue weighted by Crippen LogP contribution is -2.47. The summed E-state index contributed by atoms with van der Waals surface area (Å²) in [6, 6.07) is 0. The van der Waals surface area contributed by atoms with E-state index in [1.54, 1.807) is 6.92 Å². The van der Waals surface area contributed by atoms with Crippen LogP contribution in [0.2, 0.25) is 0 Å². The molecule has 1 rings (SSSR count). The van der Waals surface area contributed by atoms with Gasteiger partial charge < -0.3 is 4.74 Å². The summed E-state index contributed by atoms with van der Waals surface area (Å²) in [7, 11) is -3.22. The van der Waals surface area contributed by atoms with Crippen LogP contribution >= 0.6 is 11.6 Å². The fourth-order valence-electron chi connectivity index (χ4n) is 1.35. The third kappa shape index (κ3) is 2.59. The minimum absolute atomic E-state index is 0.0268. The van der Waals surface area contributed by atoms with Crippen LogP contribution in [-0.2, 0) is 14.8 Å². The monoisotopic (exact) mass is 241 g/mol. The van der Waals surface area contributed by atoms with Gasteiger partial charge in [0.1, 0.15) is 0 Å². The molecule has 84 valence electrons. The van der Waals surface area contributed by atoms with Gasteiger partial charge in [-0.15, -0.1) is 11.6 Å². The van der Waals surface area contributed by atoms with E-state index < -0.39 is 15.3 Å². The topological polar surface area (TPSA) is 46.6 Å². The smallest absolute Gasteiger partial charge is 0.218 e. The van der Waals surface area contributed by atoms with E-state index in [2.05, 4.69) is 0 Å². The quantitative estimate of drug-likeness (QED) is 0.683. The predicted octanol–water partition coefficient (Wildman–Crippen LogP) is 0.664. The molecule has 14 heavy (non-hydrogen) atoms. The SMILES string of the molecule is CC1CN(S(=O)(=O)C(C)CCl)CCO1. The van der Waals surface area contributed by atoms with Crippen molar-refractivity contribution < 1.29 is 13.2 Å². The van der Waals surface area contributed by atoms with Gasteiger partial charge in [-0.1, -0.05) is 0 Å². The van der Waals surface area contributed by atoms with Crippen LogP contribution in [0.15, 0.2) is 0 Å². The standard InChI is InChI=1S/C8H16ClNO3S/c1-7-6-10(3-4-13-7)14(11,12)8(2)5-9/h7-8H,3-6H2,1-2H3. The average Bonchev–Trinajstić information content (AvgIpc) is 2.16. The van der Waals surface area contributed by atoms with Crippen molar-refractivity contribution in [3.63, 3.8) is 0 Å². The largest absolute Gasteiger partial charge is 0.376 e. The normalized spacial score (nSPS) is 27.5. The molecule has 4 nitrogen and oxygen atoms in total. The van der Waals surface area contributed by atoms with Gasteiger partial charge >= 0.3 is 0 Å². The van der Waals surface area contributed by atoms with Crippen LogP contribution in [0.1, 0.15) is 13.8 Å². The van der Waals surface area contributed by atoms with E-state index >= 15 is 0 Å². The second-order valence-corrected chi connectivity index (χ2v) is 6.21. The number of hydrogen-bond acceptors (Lipinski definition) is 3. The van der Waals surface area contributed by atoms with Gasteiger partial charge in [0, 0.05) is 19.0 Å². The van der Waals surface area contributed by atoms with Gasteiger partial charge in [0.05, 0.1) is 18.0 Å². The molecular weight excluding hydrogens is 226 g/mol. The van der Waals surface area contributed by atoms with Crippen LogP contribution in [0.4, 0.5) is 0 Å². The van der Waals surface area contributed by atoms with E-state index in [4.69, 9.17) is 16.3 Å². The maximum absolute atomic E-state index is 11.8. The van der Waals surface area contributed by atoms with E-state index in [0.29, 0.717) is 19.7 Å². The lowest BCUT2D eigenvalue weighted by molar-refractivity contribution is 0.00997. The Kier molecular flexibility index (Phi) is 4.18. The minimum Gasteiger partial charge on any atom is -0.376 e. The number of sulfonamides is 1. The van der Waals surface area contributed by atoms with Gasteiger partial charge in [0.2, 0.25) is 10.0 Å². The van der Waals surface area contributed by atoms with Crippen LogP contribution in [0.5, 0.6) is 0 Å². The van der Waals surface area contributed by atoms with Crippen LogP contribution in [-0.4, -0.2) is 49.7 Å². The lowest BCUT2D eigenvalue weighted by atomic mass is 10.3. The molecule has 2 atom stereocenters. The summed E-state index contributed by atoms with van der Waals surface area (Å²) >= 11 is 5.56. The van der Waals surface area contributed by atoms with Crippen LogP contribution < -0.4 is 0 Å². The van der Waals surface area contributed by atoms with Gasteiger partial charge in [-0.05, 0) is 13.8 Å². The maximum atomic E-state index is 11.8. The zero-order chi connectivity index (χ0) is 10.8. The molecule has 0 amide bonds. The summed E-state index contributed by atoms with van der Waals surface area (Å²) in [5.74, 6) is 0.133.